The van der Waals surface area contributed by atoms with Crippen molar-refractivity contribution in [2.45, 2.75) is 49.3 Å². The summed E-state index contributed by atoms with van der Waals surface area (Å²) in [5.41, 5.74) is 5.96. The van der Waals surface area contributed by atoms with E-state index >= 15 is 0 Å². The van der Waals surface area contributed by atoms with Gasteiger partial charge in [-0.2, -0.15) is 0 Å². The van der Waals surface area contributed by atoms with E-state index in [-0.39, 0.29) is 5.92 Å². The van der Waals surface area contributed by atoms with E-state index in [2.05, 4.69) is 0 Å². The summed E-state index contributed by atoms with van der Waals surface area (Å²) in [6, 6.07) is 1.96. The molecule has 6 heteroatoms. The standard InChI is InChI=1S/C15H21F2NO2S/c1-9(2)10-3-6-13(18)15(7-10)21(19,20)14-8-11(16)4-5-12(14)17/h4-5,8-10,13,15H,3,6-7,18H2,1-2H3. The summed E-state index contributed by atoms with van der Waals surface area (Å²) in [6.07, 6.45) is 1.86. The molecule has 0 heterocycles. The topological polar surface area (TPSA) is 60.2 Å². The second-order valence-electron chi connectivity index (χ2n) is 6.14. The lowest BCUT2D eigenvalue weighted by Gasteiger charge is -2.35. The molecule has 2 rings (SSSR count). The highest BCUT2D eigenvalue weighted by Crippen LogP contribution is 2.35. The van der Waals surface area contributed by atoms with Gasteiger partial charge >= 0.3 is 0 Å². The molecule has 1 fully saturated rings. The molecule has 1 saturated carbocycles. The molecule has 0 aliphatic heterocycles. The number of benzene rings is 1. The van der Waals surface area contributed by atoms with Crippen LogP contribution in [0.2, 0.25) is 0 Å². The fourth-order valence-electron chi connectivity index (χ4n) is 3.00. The molecule has 21 heavy (non-hydrogen) atoms. The lowest BCUT2D eigenvalue weighted by molar-refractivity contribution is 0.260. The number of halogens is 2. The molecule has 0 spiro atoms. The highest BCUT2D eigenvalue weighted by Gasteiger charge is 2.40. The molecule has 1 aliphatic rings. The summed E-state index contributed by atoms with van der Waals surface area (Å²) in [5.74, 6) is -1.11. The average molecular weight is 317 g/mol. The van der Waals surface area contributed by atoms with Crippen LogP contribution in [0.1, 0.15) is 33.1 Å². The third-order valence-electron chi connectivity index (χ3n) is 4.42. The van der Waals surface area contributed by atoms with Crippen LogP contribution in [0, 0.1) is 23.5 Å². The van der Waals surface area contributed by atoms with Gasteiger partial charge in [-0.25, -0.2) is 17.2 Å². The second-order valence-corrected chi connectivity index (χ2v) is 8.27. The number of rotatable bonds is 3. The molecule has 0 aromatic heterocycles. The van der Waals surface area contributed by atoms with Gasteiger partial charge in [-0.3, -0.25) is 0 Å². The Hall–Kier alpha value is -1.01. The Bertz CT molecular complexity index is 616. The Morgan fingerprint density at radius 1 is 1.24 bits per heavy atom. The minimum Gasteiger partial charge on any atom is -0.327 e. The molecule has 3 atom stereocenters. The van der Waals surface area contributed by atoms with Crippen molar-refractivity contribution in [1.82, 2.24) is 0 Å². The van der Waals surface area contributed by atoms with E-state index in [1.165, 1.54) is 0 Å². The number of sulfone groups is 1. The second kappa shape index (κ2) is 6.01. The Morgan fingerprint density at radius 2 is 1.90 bits per heavy atom. The summed E-state index contributed by atoms with van der Waals surface area (Å²) in [7, 11) is -3.97. The van der Waals surface area contributed by atoms with Crippen LogP contribution in [-0.4, -0.2) is 19.7 Å². The Labute approximate surface area is 124 Å². The van der Waals surface area contributed by atoms with Gasteiger partial charge in [-0.1, -0.05) is 13.8 Å². The molecule has 0 amide bonds. The molecule has 3 unspecified atom stereocenters. The van der Waals surface area contributed by atoms with Crippen molar-refractivity contribution in [3.8, 4) is 0 Å². The number of nitrogens with two attached hydrogens (primary N) is 1. The van der Waals surface area contributed by atoms with Crippen LogP contribution in [0.25, 0.3) is 0 Å². The maximum Gasteiger partial charge on any atom is 0.185 e. The SMILES string of the molecule is CC(C)C1CCC(N)C(S(=O)(=O)c2cc(F)ccc2F)C1. The van der Waals surface area contributed by atoms with Gasteiger partial charge < -0.3 is 5.73 Å². The van der Waals surface area contributed by atoms with Crippen LogP contribution >= 0.6 is 0 Å². The highest BCUT2D eigenvalue weighted by molar-refractivity contribution is 7.92. The Morgan fingerprint density at radius 3 is 2.52 bits per heavy atom. The molecule has 0 bridgehead atoms. The zero-order valence-electron chi connectivity index (χ0n) is 12.2. The normalized spacial score (nSPS) is 27.0. The van der Waals surface area contributed by atoms with Crippen LogP contribution in [0.3, 0.4) is 0 Å². The van der Waals surface area contributed by atoms with Crippen molar-refractivity contribution in [1.29, 1.82) is 0 Å². The first-order valence-corrected chi connectivity index (χ1v) is 8.72. The molecule has 1 aromatic carbocycles. The van der Waals surface area contributed by atoms with Gasteiger partial charge in [-0.15, -0.1) is 0 Å². The van der Waals surface area contributed by atoms with Crippen molar-refractivity contribution in [2.75, 3.05) is 0 Å². The van der Waals surface area contributed by atoms with Gasteiger partial charge in [0.1, 0.15) is 16.5 Å². The van der Waals surface area contributed by atoms with Gasteiger partial charge in [-0.05, 0) is 49.3 Å². The van der Waals surface area contributed by atoms with E-state index < -0.39 is 37.7 Å². The van der Waals surface area contributed by atoms with Crippen molar-refractivity contribution < 1.29 is 17.2 Å². The van der Waals surface area contributed by atoms with Gasteiger partial charge in [0.15, 0.2) is 9.84 Å². The van der Waals surface area contributed by atoms with E-state index in [1.54, 1.807) is 0 Å². The Balaban J connectivity index is 2.39. The van der Waals surface area contributed by atoms with Crippen LogP contribution in [0.4, 0.5) is 8.78 Å². The zero-order valence-corrected chi connectivity index (χ0v) is 13.0. The summed E-state index contributed by atoms with van der Waals surface area (Å²) in [4.78, 5) is -0.577. The predicted octanol–water partition coefficient (Wildman–Crippen LogP) is 2.89. The molecule has 1 aliphatic carbocycles. The van der Waals surface area contributed by atoms with E-state index in [4.69, 9.17) is 5.73 Å². The van der Waals surface area contributed by atoms with E-state index in [1.807, 2.05) is 13.8 Å². The maximum atomic E-state index is 13.8. The van der Waals surface area contributed by atoms with E-state index in [9.17, 15) is 17.2 Å². The largest absolute Gasteiger partial charge is 0.327 e. The van der Waals surface area contributed by atoms with Crippen molar-refractivity contribution in [3.63, 3.8) is 0 Å². The Kier molecular flexibility index (Phi) is 4.68. The molecular formula is C15H21F2NO2S. The van der Waals surface area contributed by atoms with Gasteiger partial charge in [0.05, 0.1) is 5.25 Å². The average Bonchev–Trinajstić information content (AvgIpc) is 2.41. The monoisotopic (exact) mass is 317 g/mol. The zero-order chi connectivity index (χ0) is 15.8. The summed E-state index contributed by atoms with van der Waals surface area (Å²) >= 11 is 0. The third kappa shape index (κ3) is 3.26. The number of hydrogen-bond acceptors (Lipinski definition) is 3. The van der Waals surface area contributed by atoms with Crippen LogP contribution in [0.5, 0.6) is 0 Å². The molecular weight excluding hydrogens is 296 g/mol. The highest BCUT2D eigenvalue weighted by atomic mass is 32.2. The molecule has 1 aromatic rings. The maximum absolute atomic E-state index is 13.8. The van der Waals surface area contributed by atoms with E-state index in [0.29, 0.717) is 18.8 Å². The van der Waals surface area contributed by atoms with E-state index in [0.717, 1.165) is 24.6 Å². The molecule has 118 valence electrons. The summed E-state index contributed by atoms with van der Waals surface area (Å²) in [6.45, 7) is 4.07. The first kappa shape index (κ1) is 16.4. The van der Waals surface area contributed by atoms with Crippen LogP contribution in [-0.2, 0) is 9.84 Å². The van der Waals surface area contributed by atoms with Gasteiger partial charge in [0, 0.05) is 6.04 Å². The molecule has 2 N–H and O–H groups in total. The molecule has 0 saturated heterocycles. The minimum atomic E-state index is -3.97. The fourth-order valence-corrected chi connectivity index (χ4v) is 5.04. The summed E-state index contributed by atoms with van der Waals surface area (Å²) < 4.78 is 52.4. The number of hydrogen-bond donors (Lipinski definition) is 1. The summed E-state index contributed by atoms with van der Waals surface area (Å²) in [5, 5.41) is -0.852. The van der Waals surface area contributed by atoms with Gasteiger partial charge in [0.2, 0.25) is 0 Å². The smallest absolute Gasteiger partial charge is 0.185 e. The lowest BCUT2D eigenvalue weighted by atomic mass is 9.79. The first-order valence-electron chi connectivity index (χ1n) is 7.18. The first-order chi connectivity index (χ1) is 9.73. The fraction of sp³-hybridized carbons (Fsp3) is 0.600. The third-order valence-corrected chi connectivity index (χ3v) is 6.69. The van der Waals surface area contributed by atoms with Gasteiger partial charge in [0.25, 0.3) is 0 Å². The van der Waals surface area contributed by atoms with Crippen molar-refractivity contribution in [2.24, 2.45) is 17.6 Å². The molecule has 0 radical (unpaired) electrons. The quantitative estimate of drug-likeness (QED) is 0.932. The predicted molar refractivity (Wildman–Crippen MR) is 77.5 cm³/mol. The van der Waals surface area contributed by atoms with Crippen molar-refractivity contribution in [3.05, 3.63) is 29.8 Å². The minimum absolute atomic E-state index is 0.237. The van der Waals surface area contributed by atoms with Crippen LogP contribution < -0.4 is 5.73 Å². The van der Waals surface area contributed by atoms with Crippen LogP contribution in [0.15, 0.2) is 23.1 Å². The van der Waals surface area contributed by atoms with Crippen molar-refractivity contribution >= 4 is 9.84 Å². The molecule has 3 nitrogen and oxygen atoms in total. The lowest BCUT2D eigenvalue weighted by Crippen LogP contribution is -2.46.